The van der Waals surface area contributed by atoms with Crippen LogP contribution in [-0.4, -0.2) is 34.9 Å². The number of carbonyl (C=O) groups is 1. The summed E-state index contributed by atoms with van der Waals surface area (Å²) in [5.41, 5.74) is 0.523. The molecule has 19 heavy (non-hydrogen) atoms. The quantitative estimate of drug-likeness (QED) is 0.868. The molecule has 1 heterocycles. The van der Waals surface area contributed by atoms with Gasteiger partial charge in [0.15, 0.2) is 0 Å². The Morgan fingerprint density at radius 3 is 2.95 bits per heavy atom. The highest BCUT2D eigenvalue weighted by Crippen LogP contribution is 2.26. The Bertz CT molecular complexity index is 463. The van der Waals surface area contributed by atoms with Gasteiger partial charge in [0.2, 0.25) is 0 Å². The minimum atomic E-state index is -0.0267. The highest BCUT2D eigenvalue weighted by Gasteiger charge is 2.24. The number of rotatable bonds is 3. The summed E-state index contributed by atoms with van der Waals surface area (Å²) in [6.07, 6.45) is 3.09. The van der Waals surface area contributed by atoms with E-state index in [0.717, 1.165) is 32.4 Å². The van der Waals surface area contributed by atoms with Gasteiger partial charge in [0.25, 0.3) is 5.91 Å². The molecule has 1 unspecified atom stereocenters. The van der Waals surface area contributed by atoms with Gasteiger partial charge in [0.05, 0.1) is 5.02 Å². The lowest BCUT2D eigenvalue weighted by Crippen LogP contribution is -2.40. The number of carbonyl (C=O) groups excluding carboxylic acids is 1. The number of likely N-dealkylation sites (tertiary alicyclic amines) is 1. The van der Waals surface area contributed by atoms with Crippen LogP contribution in [0.1, 0.15) is 29.6 Å². The normalized spacial score (nSPS) is 19.5. The molecule has 1 atom stereocenters. The minimum Gasteiger partial charge on any atom is -0.506 e. The Morgan fingerprint density at radius 1 is 1.47 bits per heavy atom. The van der Waals surface area contributed by atoms with Crippen LogP contribution in [0.15, 0.2) is 18.2 Å². The Hall–Kier alpha value is -0.930. The number of nitrogens with zero attached hydrogens (tertiary/aromatic N) is 1. The summed E-state index contributed by atoms with van der Waals surface area (Å²) in [7, 11) is 0. The second kappa shape index (κ2) is 6.49. The molecular formula is C14H17Cl2NO2. The third-order valence-electron chi connectivity index (χ3n) is 3.52. The van der Waals surface area contributed by atoms with Gasteiger partial charge in [-0.3, -0.25) is 4.79 Å². The smallest absolute Gasteiger partial charge is 0.253 e. The minimum absolute atomic E-state index is 0.00289. The largest absolute Gasteiger partial charge is 0.506 e. The monoisotopic (exact) mass is 301 g/mol. The first-order valence-corrected chi connectivity index (χ1v) is 7.37. The maximum absolute atomic E-state index is 12.4. The van der Waals surface area contributed by atoms with Crippen LogP contribution in [0.5, 0.6) is 5.75 Å². The molecule has 0 bridgehead atoms. The first-order valence-electron chi connectivity index (χ1n) is 6.45. The van der Waals surface area contributed by atoms with Crippen molar-refractivity contribution in [1.82, 2.24) is 4.90 Å². The molecule has 0 saturated carbocycles. The zero-order valence-electron chi connectivity index (χ0n) is 10.6. The SMILES string of the molecule is O=C(c1ccc(O)c(Cl)c1)N1CCCC(CCCl)C1. The van der Waals surface area contributed by atoms with E-state index >= 15 is 0 Å². The fourth-order valence-electron chi connectivity index (χ4n) is 2.46. The van der Waals surface area contributed by atoms with E-state index in [-0.39, 0.29) is 16.7 Å². The number of piperidine rings is 1. The van der Waals surface area contributed by atoms with Crippen LogP contribution in [0.2, 0.25) is 5.02 Å². The maximum Gasteiger partial charge on any atom is 0.253 e. The Labute approximate surface area is 123 Å². The van der Waals surface area contributed by atoms with Crippen molar-refractivity contribution in [3.63, 3.8) is 0 Å². The zero-order valence-corrected chi connectivity index (χ0v) is 12.1. The third-order valence-corrected chi connectivity index (χ3v) is 4.04. The maximum atomic E-state index is 12.4. The fourth-order valence-corrected chi connectivity index (χ4v) is 2.95. The molecule has 0 aromatic heterocycles. The summed E-state index contributed by atoms with van der Waals surface area (Å²) in [5, 5.41) is 9.58. The molecule has 1 aliphatic heterocycles. The van der Waals surface area contributed by atoms with Crippen LogP contribution in [0.4, 0.5) is 0 Å². The Morgan fingerprint density at radius 2 is 2.26 bits per heavy atom. The van der Waals surface area contributed by atoms with Crippen molar-refractivity contribution < 1.29 is 9.90 Å². The zero-order chi connectivity index (χ0) is 13.8. The molecule has 2 rings (SSSR count). The second-order valence-corrected chi connectivity index (χ2v) is 5.69. The molecule has 1 N–H and O–H groups in total. The van der Waals surface area contributed by atoms with Gasteiger partial charge >= 0.3 is 0 Å². The highest BCUT2D eigenvalue weighted by molar-refractivity contribution is 6.32. The lowest BCUT2D eigenvalue weighted by Gasteiger charge is -2.32. The van der Waals surface area contributed by atoms with Gasteiger partial charge < -0.3 is 10.0 Å². The van der Waals surface area contributed by atoms with Crippen LogP contribution >= 0.6 is 23.2 Å². The number of amides is 1. The lowest BCUT2D eigenvalue weighted by molar-refractivity contribution is 0.0671. The molecule has 0 aliphatic carbocycles. The average Bonchev–Trinajstić information content (AvgIpc) is 2.42. The summed E-state index contributed by atoms with van der Waals surface area (Å²) < 4.78 is 0. The summed E-state index contributed by atoms with van der Waals surface area (Å²) in [6, 6.07) is 4.58. The molecule has 1 aromatic rings. The second-order valence-electron chi connectivity index (χ2n) is 4.90. The van der Waals surface area contributed by atoms with Gasteiger partial charge in [0, 0.05) is 24.5 Å². The predicted molar refractivity (Wildman–Crippen MR) is 77.1 cm³/mol. The number of alkyl halides is 1. The van der Waals surface area contributed by atoms with Crippen LogP contribution in [0.25, 0.3) is 0 Å². The van der Waals surface area contributed by atoms with Gasteiger partial charge in [-0.1, -0.05) is 11.6 Å². The van der Waals surface area contributed by atoms with Crippen LogP contribution in [0, 0.1) is 5.92 Å². The fraction of sp³-hybridized carbons (Fsp3) is 0.500. The van der Waals surface area contributed by atoms with E-state index in [1.807, 2.05) is 4.90 Å². The molecule has 0 radical (unpaired) electrons. The molecule has 1 amide bonds. The molecule has 0 spiro atoms. The molecule has 1 aromatic carbocycles. The molecular weight excluding hydrogens is 285 g/mol. The van der Waals surface area contributed by atoms with E-state index in [4.69, 9.17) is 23.2 Å². The van der Waals surface area contributed by atoms with Crippen molar-refractivity contribution in [2.75, 3.05) is 19.0 Å². The van der Waals surface area contributed by atoms with E-state index in [0.29, 0.717) is 17.4 Å². The predicted octanol–water partition coefficient (Wildman–Crippen LogP) is 3.53. The van der Waals surface area contributed by atoms with E-state index in [1.165, 1.54) is 12.1 Å². The molecule has 1 aliphatic rings. The summed E-state index contributed by atoms with van der Waals surface area (Å²) in [4.78, 5) is 14.2. The van der Waals surface area contributed by atoms with Gasteiger partial charge in [-0.05, 0) is 43.4 Å². The molecule has 104 valence electrons. The number of aromatic hydroxyl groups is 1. The number of phenolic OH excluding ortho intramolecular Hbond substituents is 1. The van der Waals surface area contributed by atoms with Crippen molar-refractivity contribution in [2.45, 2.75) is 19.3 Å². The van der Waals surface area contributed by atoms with E-state index in [9.17, 15) is 9.90 Å². The summed E-state index contributed by atoms with van der Waals surface area (Å²) >= 11 is 11.6. The Kier molecular flexibility index (Phi) is 4.94. The van der Waals surface area contributed by atoms with Crippen molar-refractivity contribution in [3.8, 4) is 5.75 Å². The van der Waals surface area contributed by atoms with Crippen LogP contribution in [-0.2, 0) is 0 Å². The van der Waals surface area contributed by atoms with E-state index in [2.05, 4.69) is 0 Å². The van der Waals surface area contributed by atoms with Crippen molar-refractivity contribution in [2.24, 2.45) is 5.92 Å². The number of hydrogen-bond donors (Lipinski definition) is 1. The molecule has 1 fully saturated rings. The lowest BCUT2D eigenvalue weighted by atomic mass is 9.95. The van der Waals surface area contributed by atoms with Gasteiger partial charge in [-0.2, -0.15) is 0 Å². The first kappa shape index (κ1) is 14.5. The van der Waals surface area contributed by atoms with Crippen molar-refractivity contribution in [1.29, 1.82) is 0 Å². The topological polar surface area (TPSA) is 40.5 Å². The van der Waals surface area contributed by atoms with Gasteiger partial charge in [0.1, 0.15) is 5.75 Å². The van der Waals surface area contributed by atoms with E-state index < -0.39 is 0 Å². The standard InChI is InChI=1S/C14H17Cl2NO2/c15-6-5-10-2-1-7-17(9-10)14(19)11-3-4-13(18)12(16)8-11/h3-4,8,10,18H,1-2,5-7,9H2. The van der Waals surface area contributed by atoms with Crippen molar-refractivity contribution in [3.05, 3.63) is 28.8 Å². The molecule has 5 heteroatoms. The van der Waals surface area contributed by atoms with E-state index in [1.54, 1.807) is 6.07 Å². The highest BCUT2D eigenvalue weighted by atomic mass is 35.5. The van der Waals surface area contributed by atoms with Gasteiger partial charge in [-0.25, -0.2) is 0 Å². The number of hydrogen-bond acceptors (Lipinski definition) is 2. The Balaban J connectivity index is 2.08. The van der Waals surface area contributed by atoms with Crippen LogP contribution in [0.3, 0.4) is 0 Å². The van der Waals surface area contributed by atoms with Gasteiger partial charge in [-0.15, -0.1) is 11.6 Å². The summed E-state index contributed by atoms with van der Waals surface area (Å²) in [5.74, 6) is 1.10. The summed E-state index contributed by atoms with van der Waals surface area (Å²) in [6.45, 7) is 1.53. The third kappa shape index (κ3) is 3.54. The first-order chi connectivity index (χ1) is 9.11. The van der Waals surface area contributed by atoms with Crippen molar-refractivity contribution >= 4 is 29.1 Å². The number of halogens is 2. The van der Waals surface area contributed by atoms with Crippen LogP contribution < -0.4 is 0 Å². The number of benzene rings is 1. The molecule has 3 nitrogen and oxygen atoms in total. The molecule has 1 saturated heterocycles. The average molecular weight is 302 g/mol. The number of phenols is 1.